The second-order valence-electron chi connectivity index (χ2n) is 5.48. The van der Waals surface area contributed by atoms with Crippen LogP contribution in [0.4, 0.5) is 10.1 Å². The summed E-state index contributed by atoms with van der Waals surface area (Å²) in [5, 5.41) is 14.5. The van der Waals surface area contributed by atoms with Crippen molar-refractivity contribution in [2.75, 3.05) is 18.7 Å². The van der Waals surface area contributed by atoms with Crippen LogP contribution in [0.25, 0.3) is 5.69 Å². The predicted molar refractivity (Wildman–Crippen MR) is 92.5 cm³/mol. The number of halogens is 1. The number of nitrogens with zero attached hydrogens (tertiary/aromatic N) is 4. The number of tetrazole rings is 1. The van der Waals surface area contributed by atoms with Gasteiger partial charge in [-0.15, -0.1) is 5.10 Å². The number of aromatic nitrogens is 4. The van der Waals surface area contributed by atoms with Crippen molar-refractivity contribution in [3.8, 4) is 11.4 Å². The summed E-state index contributed by atoms with van der Waals surface area (Å²) in [7, 11) is -1.88. The van der Waals surface area contributed by atoms with E-state index in [4.69, 9.17) is 4.74 Å². The topological polar surface area (TPSA) is 99.0 Å². The van der Waals surface area contributed by atoms with Crippen molar-refractivity contribution in [1.29, 1.82) is 0 Å². The zero-order valence-corrected chi connectivity index (χ0v) is 14.9. The molecule has 0 unspecified atom stereocenters. The van der Waals surface area contributed by atoms with Crippen molar-refractivity contribution < 1.29 is 17.5 Å². The van der Waals surface area contributed by atoms with Gasteiger partial charge in [-0.1, -0.05) is 0 Å². The van der Waals surface area contributed by atoms with Gasteiger partial charge in [0, 0.05) is 18.0 Å². The number of rotatable bonds is 6. The van der Waals surface area contributed by atoms with Crippen LogP contribution in [0, 0.1) is 5.82 Å². The van der Waals surface area contributed by atoms with E-state index in [1.807, 2.05) is 0 Å². The summed E-state index contributed by atoms with van der Waals surface area (Å²) in [5.74, 6) is 0.160. The van der Waals surface area contributed by atoms with E-state index in [1.54, 1.807) is 18.2 Å². The number of nitrogens with one attached hydrogen (secondary N) is 1. The van der Waals surface area contributed by atoms with Crippen LogP contribution in [0.15, 0.2) is 47.4 Å². The van der Waals surface area contributed by atoms with Gasteiger partial charge in [-0.3, -0.25) is 0 Å². The van der Waals surface area contributed by atoms with E-state index in [2.05, 4.69) is 20.8 Å². The van der Waals surface area contributed by atoms with Crippen LogP contribution in [0.3, 0.4) is 0 Å². The van der Waals surface area contributed by atoms with Crippen molar-refractivity contribution >= 4 is 15.5 Å². The van der Waals surface area contributed by atoms with Gasteiger partial charge in [-0.25, -0.2) is 12.8 Å². The Morgan fingerprint density at radius 1 is 1.19 bits per heavy atom. The minimum Gasteiger partial charge on any atom is -0.494 e. The number of methoxy groups -OCH3 is 1. The van der Waals surface area contributed by atoms with Crippen molar-refractivity contribution in [3.05, 3.63) is 54.1 Å². The van der Waals surface area contributed by atoms with Gasteiger partial charge >= 0.3 is 0 Å². The Kier molecular flexibility index (Phi) is 4.85. The lowest BCUT2D eigenvalue weighted by Gasteiger charge is -2.09. The first kappa shape index (κ1) is 17.8. The van der Waals surface area contributed by atoms with E-state index in [0.717, 1.165) is 6.26 Å². The summed E-state index contributed by atoms with van der Waals surface area (Å²) in [4.78, 5) is 0.211. The second-order valence-corrected chi connectivity index (χ2v) is 7.49. The van der Waals surface area contributed by atoms with E-state index in [1.165, 1.54) is 36.1 Å². The zero-order chi connectivity index (χ0) is 18.7. The molecule has 0 saturated heterocycles. The van der Waals surface area contributed by atoms with Gasteiger partial charge < -0.3 is 10.1 Å². The molecule has 10 heteroatoms. The van der Waals surface area contributed by atoms with Crippen LogP contribution in [0.1, 0.15) is 5.82 Å². The Hall–Kier alpha value is -3.01. The third kappa shape index (κ3) is 3.80. The molecule has 0 amide bonds. The van der Waals surface area contributed by atoms with Crippen LogP contribution in [0.5, 0.6) is 5.75 Å². The maximum atomic E-state index is 13.7. The summed E-state index contributed by atoms with van der Waals surface area (Å²) < 4.78 is 43.2. The Morgan fingerprint density at radius 2 is 1.92 bits per heavy atom. The van der Waals surface area contributed by atoms with Gasteiger partial charge in [0.15, 0.2) is 27.2 Å². The first-order valence-electron chi connectivity index (χ1n) is 7.53. The summed E-state index contributed by atoms with van der Waals surface area (Å²) in [5.41, 5.74) is 1.16. The first-order valence-corrected chi connectivity index (χ1v) is 9.43. The highest BCUT2D eigenvalue weighted by Crippen LogP contribution is 2.21. The SMILES string of the molecule is COc1ccc(NCc2nnnn2-c2ccc(S(C)(=O)=O)cc2)cc1F. The third-order valence-corrected chi connectivity index (χ3v) is 4.77. The average molecular weight is 377 g/mol. The van der Waals surface area contributed by atoms with Crippen molar-refractivity contribution in [1.82, 2.24) is 20.2 Å². The fourth-order valence-corrected chi connectivity index (χ4v) is 2.94. The molecule has 1 heterocycles. The third-order valence-electron chi connectivity index (χ3n) is 3.65. The summed E-state index contributed by atoms with van der Waals surface area (Å²) in [6.07, 6.45) is 1.14. The van der Waals surface area contributed by atoms with Gasteiger partial charge in [-0.05, 0) is 46.8 Å². The standard InChI is InChI=1S/C16H16FN5O3S/c1-25-15-8-3-11(9-14(15)17)18-10-16-19-20-21-22(16)12-4-6-13(7-5-12)26(2,23)24/h3-9,18H,10H2,1-2H3. The van der Waals surface area contributed by atoms with Crippen LogP contribution in [-0.4, -0.2) is 42.0 Å². The molecule has 8 nitrogen and oxygen atoms in total. The molecule has 0 saturated carbocycles. The van der Waals surface area contributed by atoms with Crippen molar-refractivity contribution in [2.45, 2.75) is 11.4 Å². The Labute approximate surface area is 149 Å². The van der Waals surface area contributed by atoms with E-state index in [0.29, 0.717) is 17.2 Å². The number of anilines is 1. The highest BCUT2D eigenvalue weighted by molar-refractivity contribution is 7.90. The summed E-state index contributed by atoms with van der Waals surface area (Å²) in [6.45, 7) is 0.243. The normalized spacial score (nSPS) is 11.3. The van der Waals surface area contributed by atoms with Crippen LogP contribution >= 0.6 is 0 Å². The lowest BCUT2D eigenvalue weighted by molar-refractivity contribution is 0.386. The van der Waals surface area contributed by atoms with Gasteiger partial charge in [-0.2, -0.15) is 4.68 Å². The molecule has 0 fully saturated rings. The lowest BCUT2D eigenvalue weighted by atomic mass is 10.3. The molecule has 0 atom stereocenters. The fourth-order valence-electron chi connectivity index (χ4n) is 2.31. The molecule has 3 aromatic rings. The smallest absolute Gasteiger partial charge is 0.175 e. The molecule has 3 rings (SSSR count). The molecular formula is C16H16FN5O3S. The Morgan fingerprint density at radius 3 is 2.54 bits per heavy atom. The van der Waals surface area contributed by atoms with Gasteiger partial charge in [0.25, 0.3) is 0 Å². The number of hydrogen-bond acceptors (Lipinski definition) is 7. The number of sulfone groups is 1. The number of ether oxygens (including phenoxy) is 1. The first-order chi connectivity index (χ1) is 12.4. The largest absolute Gasteiger partial charge is 0.494 e. The predicted octanol–water partition coefficient (Wildman–Crippen LogP) is 1.83. The number of hydrogen-bond donors (Lipinski definition) is 1. The summed E-state index contributed by atoms with van der Waals surface area (Å²) in [6, 6.07) is 10.7. The van der Waals surface area contributed by atoms with Crippen LogP contribution < -0.4 is 10.1 Å². The molecule has 2 aromatic carbocycles. The van der Waals surface area contributed by atoms with E-state index in [9.17, 15) is 12.8 Å². The molecule has 1 aromatic heterocycles. The van der Waals surface area contributed by atoms with Gasteiger partial charge in [0.05, 0.1) is 24.2 Å². The molecule has 0 aliphatic heterocycles. The zero-order valence-electron chi connectivity index (χ0n) is 14.0. The summed E-state index contributed by atoms with van der Waals surface area (Å²) >= 11 is 0. The molecule has 0 aliphatic rings. The van der Waals surface area contributed by atoms with Crippen LogP contribution in [-0.2, 0) is 16.4 Å². The molecule has 0 radical (unpaired) electrons. The monoisotopic (exact) mass is 377 g/mol. The highest BCUT2D eigenvalue weighted by atomic mass is 32.2. The second kappa shape index (κ2) is 7.08. The fraction of sp³-hybridized carbons (Fsp3) is 0.188. The van der Waals surface area contributed by atoms with Crippen molar-refractivity contribution in [3.63, 3.8) is 0 Å². The lowest BCUT2D eigenvalue weighted by Crippen LogP contribution is -2.09. The van der Waals surface area contributed by atoms with Crippen LogP contribution in [0.2, 0.25) is 0 Å². The molecule has 0 bridgehead atoms. The quantitative estimate of drug-likeness (QED) is 0.699. The Bertz CT molecular complexity index is 1020. The molecular weight excluding hydrogens is 361 g/mol. The maximum absolute atomic E-state index is 13.7. The molecule has 0 aliphatic carbocycles. The van der Waals surface area contributed by atoms with Gasteiger partial charge in [0.1, 0.15) is 0 Å². The maximum Gasteiger partial charge on any atom is 0.175 e. The van der Waals surface area contributed by atoms with E-state index < -0.39 is 15.7 Å². The molecule has 136 valence electrons. The number of benzene rings is 2. The minimum absolute atomic E-state index is 0.159. The van der Waals surface area contributed by atoms with E-state index >= 15 is 0 Å². The van der Waals surface area contributed by atoms with Gasteiger partial charge in [0.2, 0.25) is 0 Å². The molecule has 26 heavy (non-hydrogen) atoms. The molecule has 0 spiro atoms. The molecule has 1 N–H and O–H groups in total. The highest BCUT2D eigenvalue weighted by Gasteiger charge is 2.11. The van der Waals surface area contributed by atoms with Crippen molar-refractivity contribution in [2.24, 2.45) is 0 Å². The minimum atomic E-state index is -3.27. The Balaban J connectivity index is 1.77. The van der Waals surface area contributed by atoms with E-state index in [-0.39, 0.29) is 17.2 Å². The average Bonchev–Trinajstić information content (AvgIpc) is 3.08.